The van der Waals surface area contributed by atoms with Crippen LogP contribution < -0.4 is 10.6 Å². The highest BCUT2D eigenvalue weighted by molar-refractivity contribution is 7.12. The first-order valence-electron chi connectivity index (χ1n) is 8.25. The van der Waals surface area contributed by atoms with Gasteiger partial charge >= 0.3 is 0 Å². The quantitative estimate of drug-likeness (QED) is 0.510. The molecule has 1 unspecified atom stereocenters. The molecule has 3 N–H and O–H groups in total. The molecule has 23 heavy (non-hydrogen) atoms. The van der Waals surface area contributed by atoms with E-state index in [-0.39, 0.29) is 12.6 Å². The van der Waals surface area contributed by atoms with Crippen LogP contribution in [0, 0.1) is 6.92 Å². The van der Waals surface area contributed by atoms with Gasteiger partial charge in [-0.3, -0.25) is 9.89 Å². The fourth-order valence-electron chi connectivity index (χ4n) is 2.60. The van der Waals surface area contributed by atoms with E-state index in [1.807, 2.05) is 18.3 Å². The van der Waals surface area contributed by atoms with Crippen LogP contribution in [0.1, 0.15) is 22.7 Å². The number of nitrogens with one attached hydrogen (secondary N) is 2. The summed E-state index contributed by atoms with van der Waals surface area (Å²) in [4.78, 5) is 9.85. The lowest BCUT2D eigenvalue weighted by Gasteiger charge is -2.33. The predicted octanol–water partition coefficient (Wildman–Crippen LogP) is 0.977. The Morgan fingerprint density at radius 1 is 1.39 bits per heavy atom. The molecule has 0 amide bonds. The molecule has 1 aliphatic rings. The SMILES string of the molecule is CCNC(=NCC(c1ccc(C)s1)N1CCOCC1)NCCO. The monoisotopic (exact) mass is 340 g/mol. The molecule has 1 aromatic rings. The van der Waals surface area contributed by atoms with E-state index < -0.39 is 0 Å². The number of aliphatic hydroxyl groups excluding tert-OH is 1. The van der Waals surface area contributed by atoms with Crippen LogP contribution in [0.2, 0.25) is 0 Å². The minimum absolute atomic E-state index is 0.0986. The van der Waals surface area contributed by atoms with Gasteiger partial charge in [-0.1, -0.05) is 0 Å². The average Bonchev–Trinajstić information content (AvgIpc) is 3.00. The minimum atomic E-state index is 0.0986. The Labute approximate surface area is 142 Å². The van der Waals surface area contributed by atoms with Crippen LogP contribution in [0.4, 0.5) is 0 Å². The molecule has 1 aliphatic heterocycles. The van der Waals surface area contributed by atoms with Crippen LogP contribution in [0.25, 0.3) is 0 Å². The molecule has 0 bridgehead atoms. The van der Waals surface area contributed by atoms with Gasteiger partial charge in [-0.2, -0.15) is 0 Å². The molecule has 1 atom stereocenters. The molecule has 1 aromatic heterocycles. The molecule has 130 valence electrons. The highest BCUT2D eigenvalue weighted by Crippen LogP contribution is 2.28. The van der Waals surface area contributed by atoms with Crippen molar-refractivity contribution in [2.24, 2.45) is 4.99 Å². The standard InChI is InChI=1S/C16H28N4O2S/c1-3-17-16(18-6-9-21)19-12-14(15-5-4-13(2)23-15)20-7-10-22-11-8-20/h4-5,14,21H,3,6-12H2,1-2H3,(H2,17,18,19). The van der Waals surface area contributed by atoms with Gasteiger partial charge < -0.3 is 20.5 Å². The minimum Gasteiger partial charge on any atom is -0.395 e. The molecule has 0 aliphatic carbocycles. The van der Waals surface area contributed by atoms with Gasteiger partial charge in [-0.05, 0) is 26.0 Å². The van der Waals surface area contributed by atoms with Crippen LogP contribution in [-0.4, -0.2) is 68.5 Å². The molecule has 1 saturated heterocycles. The zero-order valence-corrected chi connectivity index (χ0v) is 14.9. The predicted molar refractivity (Wildman–Crippen MR) is 95.3 cm³/mol. The topological polar surface area (TPSA) is 69.1 Å². The maximum Gasteiger partial charge on any atom is 0.191 e. The van der Waals surface area contributed by atoms with Crippen molar-refractivity contribution in [3.63, 3.8) is 0 Å². The summed E-state index contributed by atoms with van der Waals surface area (Å²) in [5, 5.41) is 15.3. The van der Waals surface area contributed by atoms with Crippen molar-refractivity contribution >= 4 is 17.3 Å². The normalized spacial score (nSPS) is 18.0. The van der Waals surface area contributed by atoms with Crippen LogP contribution in [0.5, 0.6) is 0 Å². The number of thiophene rings is 1. The van der Waals surface area contributed by atoms with Crippen LogP contribution in [0.15, 0.2) is 17.1 Å². The summed E-state index contributed by atoms with van der Waals surface area (Å²) in [6.45, 7) is 9.74. The molecule has 1 fully saturated rings. The van der Waals surface area contributed by atoms with Crippen LogP contribution >= 0.6 is 11.3 Å². The van der Waals surface area contributed by atoms with E-state index >= 15 is 0 Å². The number of hydrogen-bond donors (Lipinski definition) is 3. The molecule has 0 aromatic carbocycles. The second kappa shape index (κ2) is 9.87. The lowest BCUT2D eigenvalue weighted by molar-refractivity contribution is 0.0186. The first-order valence-corrected chi connectivity index (χ1v) is 9.07. The van der Waals surface area contributed by atoms with Gasteiger partial charge in [-0.15, -0.1) is 11.3 Å². The zero-order chi connectivity index (χ0) is 16.5. The third kappa shape index (κ3) is 5.76. The second-order valence-electron chi connectivity index (χ2n) is 5.48. The number of hydrogen-bond acceptors (Lipinski definition) is 5. The number of ether oxygens (including phenoxy) is 1. The lowest BCUT2D eigenvalue weighted by Crippen LogP contribution is -2.42. The first-order chi connectivity index (χ1) is 11.2. The maximum absolute atomic E-state index is 8.98. The maximum atomic E-state index is 8.98. The highest BCUT2D eigenvalue weighted by Gasteiger charge is 2.23. The Kier molecular flexibility index (Phi) is 7.81. The van der Waals surface area contributed by atoms with Crippen molar-refractivity contribution in [1.29, 1.82) is 0 Å². The molecule has 6 nitrogen and oxygen atoms in total. The van der Waals surface area contributed by atoms with Gasteiger partial charge in [0.2, 0.25) is 0 Å². The highest BCUT2D eigenvalue weighted by atomic mass is 32.1. The van der Waals surface area contributed by atoms with E-state index in [0.717, 1.165) is 38.8 Å². The molecule has 0 radical (unpaired) electrons. The average molecular weight is 340 g/mol. The third-order valence-corrected chi connectivity index (χ3v) is 4.85. The fraction of sp³-hybridized carbons (Fsp3) is 0.688. The van der Waals surface area contributed by atoms with E-state index in [4.69, 9.17) is 14.8 Å². The Bertz CT molecular complexity index is 486. The number of rotatable bonds is 7. The number of aryl methyl sites for hydroxylation is 1. The van der Waals surface area contributed by atoms with Crippen molar-refractivity contribution < 1.29 is 9.84 Å². The van der Waals surface area contributed by atoms with E-state index in [1.165, 1.54) is 9.75 Å². The van der Waals surface area contributed by atoms with E-state index in [9.17, 15) is 0 Å². The number of aliphatic imine (C=N–C) groups is 1. The number of morpholine rings is 1. The number of guanidine groups is 1. The molecule has 2 heterocycles. The molecule has 0 spiro atoms. The number of aliphatic hydroxyl groups is 1. The van der Waals surface area contributed by atoms with Gasteiger partial charge in [0.15, 0.2) is 5.96 Å². The first kappa shape index (κ1) is 18.2. The zero-order valence-electron chi connectivity index (χ0n) is 14.0. The van der Waals surface area contributed by atoms with E-state index in [0.29, 0.717) is 13.1 Å². The van der Waals surface area contributed by atoms with Crippen molar-refractivity contribution in [3.05, 3.63) is 21.9 Å². The largest absolute Gasteiger partial charge is 0.395 e. The van der Waals surface area contributed by atoms with Gasteiger partial charge in [0.1, 0.15) is 0 Å². The Morgan fingerprint density at radius 2 is 2.17 bits per heavy atom. The summed E-state index contributed by atoms with van der Waals surface area (Å²) in [6, 6.07) is 4.66. The Morgan fingerprint density at radius 3 is 2.78 bits per heavy atom. The fourth-order valence-corrected chi connectivity index (χ4v) is 3.60. The van der Waals surface area contributed by atoms with Gasteiger partial charge in [-0.25, -0.2) is 0 Å². The molecule has 7 heteroatoms. The van der Waals surface area contributed by atoms with Gasteiger partial charge in [0.25, 0.3) is 0 Å². The van der Waals surface area contributed by atoms with Crippen molar-refractivity contribution in [3.8, 4) is 0 Å². The summed E-state index contributed by atoms with van der Waals surface area (Å²) in [5.41, 5.74) is 0. The summed E-state index contributed by atoms with van der Waals surface area (Å²) < 4.78 is 5.48. The van der Waals surface area contributed by atoms with E-state index in [1.54, 1.807) is 0 Å². The molecule has 2 rings (SSSR count). The second-order valence-corrected chi connectivity index (χ2v) is 6.80. The van der Waals surface area contributed by atoms with Crippen LogP contribution in [-0.2, 0) is 4.74 Å². The summed E-state index contributed by atoms with van der Waals surface area (Å²) in [5.74, 6) is 0.757. The van der Waals surface area contributed by atoms with Crippen molar-refractivity contribution in [2.45, 2.75) is 19.9 Å². The molecular weight excluding hydrogens is 312 g/mol. The van der Waals surface area contributed by atoms with E-state index in [2.05, 4.69) is 34.6 Å². The van der Waals surface area contributed by atoms with Gasteiger partial charge in [0, 0.05) is 35.9 Å². The third-order valence-electron chi connectivity index (χ3n) is 3.75. The summed E-state index contributed by atoms with van der Waals surface area (Å²) >= 11 is 1.84. The Hall–Kier alpha value is -1.15. The molecule has 0 saturated carbocycles. The van der Waals surface area contributed by atoms with Crippen molar-refractivity contribution in [1.82, 2.24) is 15.5 Å². The smallest absolute Gasteiger partial charge is 0.191 e. The number of nitrogens with zero attached hydrogens (tertiary/aromatic N) is 2. The van der Waals surface area contributed by atoms with Crippen LogP contribution in [0.3, 0.4) is 0 Å². The molecular formula is C16H28N4O2S. The van der Waals surface area contributed by atoms with Gasteiger partial charge in [0.05, 0.1) is 32.4 Å². The lowest BCUT2D eigenvalue weighted by atomic mass is 10.2. The van der Waals surface area contributed by atoms with Crippen molar-refractivity contribution in [2.75, 3.05) is 52.5 Å². The summed E-state index contributed by atoms with van der Waals surface area (Å²) in [7, 11) is 0. The Balaban J connectivity index is 2.09. The summed E-state index contributed by atoms with van der Waals surface area (Å²) in [6.07, 6.45) is 0.